The molecule has 0 aromatic carbocycles. The van der Waals surface area contributed by atoms with Crippen LogP contribution in [0.5, 0.6) is 0 Å². The number of carbonyl (C=O) groups excluding carboxylic acids is 1. The van der Waals surface area contributed by atoms with Crippen molar-refractivity contribution in [3.05, 3.63) is 22.4 Å². The van der Waals surface area contributed by atoms with E-state index in [4.69, 9.17) is 4.74 Å². The van der Waals surface area contributed by atoms with Crippen LogP contribution in [0.4, 0.5) is 0 Å². The Morgan fingerprint density at radius 1 is 1.58 bits per heavy atom. The molecule has 6 nitrogen and oxygen atoms in total. The number of tetrazole rings is 1. The predicted octanol–water partition coefficient (Wildman–Crippen LogP) is 1.38. The monoisotopic (exact) mass is 296 g/mol. The minimum absolute atomic E-state index is 0.169. The number of ether oxygens (including phenoxy) is 1. The van der Waals surface area contributed by atoms with E-state index in [1.807, 2.05) is 6.07 Å². The molecule has 19 heavy (non-hydrogen) atoms. The molecule has 0 aliphatic carbocycles. The first-order valence-corrected chi connectivity index (χ1v) is 7.71. The van der Waals surface area contributed by atoms with Crippen LogP contribution in [0, 0.1) is 0 Å². The van der Waals surface area contributed by atoms with Crippen LogP contribution < -0.4 is 0 Å². The molecule has 2 aromatic rings. The maximum Gasteiger partial charge on any atom is 0.319 e. The SMILES string of the molecule is O=C1OCC[C@@H]1Sc1nnnn1CCc1cccs1. The van der Waals surface area contributed by atoms with Gasteiger partial charge in [-0.25, -0.2) is 4.68 Å². The number of thioether (sulfide) groups is 1. The van der Waals surface area contributed by atoms with Gasteiger partial charge in [-0.2, -0.15) is 0 Å². The number of hydrogen-bond donors (Lipinski definition) is 0. The molecule has 0 radical (unpaired) electrons. The Bertz CT molecular complexity index is 555. The summed E-state index contributed by atoms with van der Waals surface area (Å²) in [7, 11) is 0. The number of hydrogen-bond acceptors (Lipinski definition) is 7. The summed E-state index contributed by atoms with van der Waals surface area (Å²) < 4.78 is 6.68. The van der Waals surface area contributed by atoms with Crippen LogP contribution in [0.25, 0.3) is 0 Å². The molecule has 0 bridgehead atoms. The van der Waals surface area contributed by atoms with Gasteiger partial charge < -0.3 is 4.74 Å². The Morgan fingerprint density at radius 3 is 3.26 bits per heavy atom. The summed E-state index contributed by atoms with van der Waals surface area (Å²) in [5.74, 6) is -0.169. The lowest BCUT2D eigenvalue weighted by Gasteiger charge is -2.05. The maximum absolute atomic E-state index is 11.4. The second-order valence-electron chi connectivity index (χ2n) is 4.08. The molecule has 1 atom stereocenters. The van der Waals surface area contributed by atoms with Crippen LogP contribution in [0.2, 0.25) is 0 Å². The van der Waals surface area contributed by atoms with E-state index in [0.717, 1.165) is 19.4 Å². The second-order valence-corrected chi connectivity index (χ2v) is 6.28. The Morgan fingerprint density at radius 2 is 2.53 bits per heavy atom. The summed E-state index contributed by atoms with van der Waals surface area (Å²) in [5, 5.41) is 14.2. The van der Waals surface area contributed by atoms with Gasteiger partial charge in [0.1, 0.15) is 5.25 Å². The molecule has 1 aliphatic rings. The van der Waals surface area contributed by atoms with Crippen molar-refractivity contribution in [3.8, 4) is 0 Å². The average molecular weight is 296 g/mol. The van der Waals surface area contributed by atoms with E-state index >= 15 is 0 Å². The van der Waals surface area contributed by atoms with Crippen molar-refractivity contribution in [1.29, 1.82) is 0 Å². The van der Waals surface area contributed by atoms with Gasteiger partial charge in [-0.3, -0.25) is 4.79 Å². The number of thiophene rings is 1. The normalized spacial score (nSPS) is 18.7. The third-order valence-corrected chi connectivity index (χ3v) is 4.94. The van der Waals surface area contributed by atoms with Crippen molar-refractivity contribution < 1.29 is 9.53 Å². The van der Waals surface area contributed by atoms with Crippen molar-refractivity contribution in [2.24, 2.45) is 0 Å². The van der Waals surface area contributed by atoms with Crippen LogP contribution in [0.1, 0.15) is 11.3 Å². The largest absolute Gasteiger partial charge is 0.465 e. The van der Waals surface area contributed by atoms with E-state index in [1.165, 1.54) is 16.6 Å². The molecule has 1 aliphatic heterocycles. The standard InChI is InChI=1S/C11H12N4O2S2/c16-10-9(4-6-17-10)19-11-12-13-14-15(11)5-3-8-2-1-7-18-8/h1-2,7,9H,3-6H2/t9-/m0/s1. The lowest BCUT2D eigenvalue weighted by molar-refractivity contribution is -0.137. The molecule has 3 rings (SSSR count). The number of cyclic esters (lactones) is 1. The number of carbonyl (C=O) groups is 1. The van der Waals surface area contributed by atoms with E-state index in [9.17, 15) is 4.79 Å². The van der Waals surface area contributed by atoms with Gasteiger partial charge in [0.2, 0.25) is 5.16 Å². The third kappa shape index (κ3) is 2.95. The molecule has 100 valence electrons. The summed E-state index contributed by atoms with van der Waals surface area (Å²) in [6.45, 7) is 1.21. The van der Waals surface area contributed by atoms with Crippen LogP contribution >= 0.6 is 23.1 Å². The van der Waals surface area contributed by atoms with Gasteiger partial charge in [0.05, 0.1) is 13.2 Å². The molecule has 2 aromatic heterocycles. The molecule has 0 spiro atoms. The van der Waals surface area contributed by atoms with Gasteiger partial charge in [0.15, 0.2) is 0 Å². The fourth-order valence-corrected chi connectivity index (χ4v) is 3.47. The lowest BCUT2D eigenvalue weighted by Crippen LogP contribution is -2.12. The zero-order chi connectivity index (χ0) is 13.1. The summed E-state index contributed by atoms with van der Waals surface area (Å²) in [4.78, 5) is 12.7. The molecule has 0 N–H and O–H groups in total. The fourth-order valence-electron chi connectivity index (χ4n) is 1.80. The van der Waals surface area contributed by atoms with Crippen LogP contribution in [-0.2, 0) is 22.5 Å². The quantitative estimate of drug-likeness (QED) is 0.777. The van der Waals surface area contributed by atoms with Gasteiger partial charge in [-0.1, -0.05) is 17.8 Å². The third-order valence-electron chi connectivity index (χ3n) is 2.78. The highest BCUT2D eigenvalue weighted by molar-refractivity contribution is 8.00. The van der Waals surface area contributed by atoms with E-state index in [1.54, 1.807) is 16.0 Å². The van der Waals surface area contributed by atoms with Gasteiger partial charge in [0, 0.05) is 17.7 Å². The second kappa shape index (κ2) is 5.70. The topological polar surface area (TPSA) is 69.9 Å². The molecule has 0 saturated carbocycles. The highest BCUT2D eigenvalue weighted by Gasteiger charge is 2.29. The molecule has 8 heteroatoms. The van der Waals surface area contributed by atoms with Crippen molar-refractivity contribution in [2.45, 2.75) is 29.8 Å². The van der Waals surface area contributed by atoms with Gasteiger partial charge >= 0.3 is 5.97 Å². The fraction of sp³-hybridized carbons (Fsp3) is 0.455. The van der Waals surface area contributed by atoms with E-state index in [0.29, 0.717) is 11.8 Å². The van der Waals surface area contributed by atoms with Gasteiger partial charge in [0.25, 0.3) is 0 Å². The summed E-state index contributed by atoms with van der Waals surface area (Å²) in [6.07, 6.45) is 1.62. The number of aromatic nitrogens is 4. The Balaban J connectivity index is 1.63. The average Bonchev–Trinajstić information content (AvgIpc) is 3.12. The van der Waals surface area contributed by atoms with Gasteiger partial charge in [-0.15, -0.1) is 16.4 Å². The maximum atomic E-state index is 11.4. The lowest BCUT2D eigenvalue weighted by atomic mass is 10.3. The number of aryl methyl sites for hydroxylation is 2. The molecular weight excluding hydrogens is 284 g/mol. The highest BCUT2D eigenvalue weighted by atomic mass is 32.2. The van der Waals surface area contributed by atoms with Crippen molar-refractivity contribution in [2.75, 3.05) is 6.61 Å². The first-order chi connectivity index (χ1) is 9.33. The molecule has 3 heterocycles. The van der Waals surface area contributed by atoms with Crippen molar-refractivity contribution in [1.82, 2.24) is 20.2 Å². The molecular formula is C11H12N4O2S2. The zero-order valence-corrected chi connectivity index (χ0v) is 11.7. The minimum atomic E-state index is -0.175. The van der Waals surface area contributed by atoms with Crippen LogP contribution in [0.3, 0.4) is 0 Å². The van der Waals surface area contributed by atoms with E-state index in [2.05, 4.69) is 27.0 Å². The summed E-state index contributed by atoms with van der Waals surface area (Å²) in [6, 6.07) is 4.12. The minimum Gasteiger partial charge on any atom is -0.465 e. The molecule has 0 unspecified atom stereocenters. The van der Waals surface area contributed by atoms with E-state index in [-0.39, 0.29) is 11.2 Å². The number of rotatable bonds is 5. The van der Waals surface area contributed by atoms with Crippen molar-refractivity contribution in [3.63, 3.8) is 0 Å². The predicted molar refractivity (Wildman–Crippen MR) is 71.1 cm³/mol. The summed E-state index contributed by atoms with van der Waals surface area (Å²) >= 11 is 3.11. The smallest absolute Gasteiger partial charge is 0.319 e. The van der Waals surface area contributed by atoms with Gasteiger partial charge in [-0.05, 0) is 21.9 Å². The van der Waals surface area contributed by atoms with E-state index < -0.39 is 0 Å². The zero-order valence-electron chi connectivity index (χ0n) is 10.1. The molecule has 0 amide bonds. The number of esters is 1. The Kier molecular flexibility index (Phi) is 3.79. The summed E-state index contributed by atoms with van der Waals surface area (Å²) in [5.41, 5.74) is 0. The number of nitrogens with zero attached hydrogens (tertiary/aromatic N) is 4. The van der Waals surface area contributed by atoms with Crippen molar-refractivity contribution >= 4 is 29.1 Å². The highest BCUT2D eigenvalue weighted by Crippen LogP contribution is 2.27. The first-order valence-electron chi connectivity index (χ1n) is 5.95. The van der Waals surface area contributed by atoms with Crippen LogP contribution in [0.15, 0.2) is 22.7 Å². The Labute approximate surface area is 118 Å². The van der Waals surface area contributed by atoms with Crippen LogP contribution in [-0.4, -0.2) is 38.0 Å². The molecule has 1 saturated heterocycles. The molecule has 1 fully saturated rings. The first kappa shape index (κ1) is 12.6. The Hall–Kier alpha value is -1.41.